The highest BCUT2D eigenvalue weighted by atomic mass is 19.1. The first-order valence-corrected chi connectivity index (χ1v) is 10.7. The van der Waals surface area contributed by atoms with Crippen LogP contribution >= 0.6 is 0 Å². The number of allylic oxidation sites excluding steroid dienone is 4. The predicted molar refractivity (Wildman–Crippen MR) is 118 cm³/mol. The van der Waals surface area contributed by atoms with Gasteiger partial charge in [-0.2, -0.15) is 0 Å². The van der Waals surface area contributed by atoms with E-state index in [2.05, 4.69) is 43.4 Å². The Morgan fingerprint density at radius 3 is 2.60 bits per heavy atom. The van der Waals surface area contributed by atoms with Crippen molar-refractivity contribution < 1.29 is 8.78 Å². The molecule has 30 heavy (non-hydrogen) atoms. The quantitative estimate of drug-likeness (QED) is 0.403. The number of hydrogen-bond donors (Lipinski definition) is 0. The summed E-state index contributed by atoms with van der Waals surface area (Å²) in [4.78, 5) is 0. The summed E-state index contributed by atoms with van der Waals surface area (Å²) in [5, 5.41) is 8.30. The number of benzene rings is 1. The van der Waals surface area contributed by atoms with Crippen LogP contribution in [0.4, 0.5) is 8.78 Å². The van der Waals surface area contributed by atoms with E-state index in [9.17, 15) is 8.78 Å². The fraction of sp³-hybridized carbons (Fsp3) is 0.440. The normalized spacial score (nSPS) is 24.7. The topological polar surface area (TPSA) is 30.7 Å². The molecule has 0 saturated carbocycles. The second-order valence-corrected chi connectivity index (χ2v) is 8.60. The zero-order chi connectivity index (χ0) is 21.7. The van der Waals surface area contributed by atoms with Gasteiger partial charge in [0.2, 0.25) is 0 Å². The van der Waals surface area contributed by atoms with Crippen LogP contribution in [0.2, 0.25) is 0 Å². The molecule has 3 nitrogen and oxygen atoms in total. The third-order valence-corrected chi connectivity index (χ3v) is 6.35. The zero-order valence-corrected chi connectivity index (χ0v) is 18.0. The summed E-state index contributed by atoms with van der Waals surface area (Å²) in [6.45, 7) is 13.4. The van der Waals surface area contributed by atoms with Crippen LogP contribution < -0.4 is 0 Å². The fourth-order valence-electron chi connectivity index (χ4n) is 4.16. The van der Waals surface area contributed by atoms with Crippen molar-refractivity contribution in [2.45, 2.75) is 52.5 Å². The van der Waals surface area contributed by atoms with E-state index in [1.165, 1.54) is 17.7 Å². The maximum Gasteiger partial charge on any atom is 0.126 e. The maximum absolute atomic E-state index is 13.5. The molecule has 1 heterocycles. The molecule has 3 unspecified atom stereocenters. The summed E-state index contributed by atoms with van der Waals surface area (Å²) in [6.07, 6.45) is 11.3. The van der Waals surface area contributed by atoms with Crippen LogP contribution in [0.1, 0.15) is 46.0 Å². The second kappa shape index (κ2) is 9.96. The molecule has 1 aliphatic rings. The van der Waals surface area contributed by atoms with Crippen molar-refractivity contribution in [1.82, 2.24) is 15.0 Å². The molecular weight excluding hydrogens is 380 g/mol. The number of aromatic nitrogens is 3. The Labute approximate surface area is 178 Å². The third-order valence-electron chi connectivity index (χ3n) is 6.35. The minimum Gasteiger partial charge on any atom is -0.248 e. The van der Waals surface area contributed by atoms with Crippen LogP contribution in [0.5, 0.6) is 0 Å². The van der Waals surface area contributed by atoms with Crippen molar-refractivity contribution in [2.75, 3.05) is 0 Å². The van der Waals surface area contributed by atoms with Crippen molar-refractivity contribution in [3.63, 3.8) is 0 Å². The molecule has 3 atom stereocenters. The molecule has 1 aromatic heterocycles. The van der Waals surface area contributed by atoms with E-state index >= 15 is 0 Å². The van der Waals surface area contributed by atoms with Crippen LogP contribution in [0.25, 0.3) is 11.3 Å². The van der Waals surface area contributed by atoms with E-state index in [0.29, 0.717) is 35.6 Å². The smallest absolute Gasteiger partial charge is 0.126 e. The van der Waals surface area contributed by atoms with Gasteiger partial charge in [0.25, 0.3) is 0 Å². The van der Waals surface area contributed by atoms with Gasteiger partial charge in [-0.25, -0.2) is 13.5 Å². The van der Waals surface area contributed by atoms with Gasteiger partial charge in [0.1, 0.15) is 17.3 Å². The van der Waals surface area contributed by atoms with E-state index in [0.717, 1.165) is 43.7 Å². The molecule has 2 aromatic rings. The summed E-state index contributed by atoms with van der Waals surface area (Å²) in [7, 11) is 0. The molecule has 0 radical (unpaired) electrons. The molecule has 0 bridgehead atoms. The molecule has 5 heteroatoms. The number of nitrogens with zero attached hydrogens (tertiary/aromatic N) is 3. The maximum atomic E-state index is 13.5. The van der Waals surface area contributed by atoms with Gasteiger partial charge in [-0.05, 0) is 62.0 Å². The predicted octanol–water partition coefficient (Wildman–Crippen LogP) is 6.74. The van der Waals surface area contributed by atoms with Crippen LogP contribution in [-0.4, -0.2) is 15.0 Å². The molecule has 0 aliphatic heterocycles. The first-order chi connectivity index (χ1) is 14.4. The van der Waals surface area contributed by atoms with Crippen LogP contribution in [0.3, 0.4) is 0 Å². The highest BCUT2D eigenvalue weighted by molar-refractivity contribution is 5.57. The lowest BCUT2D eigenvalue weighted by Crippen LogP contribution is -2.16. The molecule has 0 spiro atoms. The molecule has 3 rings (SSSR count). The Morgan fingerprint density at radius 2 is 1.90 bits per heavy atom. The Kier molecular flexibility index (Phi) is 7.35. The SMILES string of the molecule is C=CC(=C)C1CC/C(Cn2cc(-c3cc(F)cc(F)c3)nn2)=C\CCC(C)C(C)C1. The average Bonchev–Trinajstić information content (AvgIpc) is 3.17. The van der Waals surface area contributed by atoms with E-state index in [4.69, 9.17) is 0 Å². The van der Waals surface area contributed by atoms with Gasteiger partial charge >= 0.3 is 0 Å². The first kappa shape index (κ1) is 22.1. The second-order valence-electron chi connectivity index (χ2n) is 8.60. The Hall–Kier alpha value is -2.56. The Bertz CT molecular complexity index is 908. The first-order valence-electron chi connectivity index (χ1n) is 10.7. The summed E-state index contributed by atoms with van der Waals surface area (Å²) in [5.74, 6) is 0.508. The largest absolute Gasteiger partial charge is 0.248 e. The van der Waals surface area contributed by atoms with Crippen molar-refractivity contribution in [2.24, 2.45) is 17.8 Å². The van der Waals surface area contributed by atoms with E-state index in [1.807, 2.05) is 6.08 Å². The Balaban J connectivity index is 1.76. The monoisotopic (exact) mass is 411 g/mol. The molecule has 160 valence electrons. The van der Waals surface area contributed by atoms with E-state index in [1.54, 1.807) is 10.9 Å². The lowest BCUT2D eigenvalue weighted by atomic mass is 9.78. The number of halogens is 2. The van der Waals surface area contributed by atoms with Crippen molar-refractivity contribution in [3.8, 4) is 11.3 Å². The molecule has 0 fully saturated rings. The zero-order valence-electron chi connectivity index (χ0n) is 18.0. The van der Waals surface area contributed by atoms with Crippen LogP contribution in [0, 0.1) is 29.4 Å². The third kappa shape index (κ3) is 5.74. The lowest BCUT2D eigenvalue weighted by Gasteiger charge is -2.27. The minimum absolute atomic E-state index is 0.392. The summed E-state index contributed by atoms with van der Waals surface area (Å²) in [5.41, 5.74) is 3.28. The van der Waals surface area contributed by atoms with Gasteiger partial charge in [-0.3, -0.25) is 0 Å². The average molecular weight is 412 g/mol. The standard InChI is InChI=1S/C25H31F2N3/c1-5-17(2)21-10-9-20(8-6-7-18(3)19(4)11-21)15-30-16-25(28-29-30)22-12-23(26)14-24(27)13-22/h5,8,12-14,16,18-19,21H,1-2,6-7,9-11,15H2,3-4H3/b20-8+. The van der Waals surface area contributed by atoms with Gasteiger partial charge in [0.15, 0.2) is 0 Å². The van der Waals surface area contributed by atoms with Crippen molar-refractivity contribution >= 4 is 0 Å². The fourth-order valence-corrected chi connectivity index (χ4v) is 4.16. The van der Waals surface area contributed by atoms with Crippen LogP contribution in [0.15, 0.2) is 60.9 Å². The molecule has 0 amide bonds. The van der Waals surface area contributed by atoms with Gasteiger partial charge in [0.05, 0.1) is 12.7 Å². The summed E-state index contributed by atoms with van der Waals surface area (Å²) in [6, 6.07) is 3.40. The lowest BCUT2D eigenvalue weighted by molar-refractivity contribution is 0.299. The van der Waals surface area contributed by atoms with Crippen molar-refractivity contribution in [3.05, 3.63) is 72.5 Å². The van der Waals surface area contributed by atoms with Gasteiger partial charge < -0.3 is 0 Å². The number of rotatable bonds is 5. The van der Waals surface area contributed by atoms with Gasteiger partial charge in [0, 0.05) is 11.6 Å². The Morgan fingerprint density at radius 1 is 1.17 bits per heavy atom. The van der Waals surface area contributed by atoms with Crippen molar-refractivity contribution in [1.29, 1.82) is 0 Å². The van der Waals surface area contributed by atoms with Crippen LogP contribution in [-0.2, 0) is 6.54 Å². The highest BCUT2D eigenvalue weighted by Gasteiger charge is 2.21. The van der Waals surface area contributed by atoms with Gasteiger partial charge in [-0.15, -0.1) is 5.10 Å². The van der Waals surface area contributed by atoms with E-state index < -0.39 is 11.6 Å². The molecule has 1 aliphatic carbocycles. The molecule has 0 saturated heterocycles. The number of hydrogen-bond acceptors (Lipinski definition) is 2. The van der Waals surface area contributed by atoms with E-state index in [-0.39, 0.29) is 0 Å². The summed E-state index contributed by atoms with van der Waals surface area (Å²) >= 11 is 0. The van der Waals surface area contributed by atoms with Gasteiger partial charge in [-0.1, -0.05) is 55.5 Å². The minimum atomic E-state index is -0.619. The molecule has 0 N–H and O–H groups in total. The molecular formula is C25H31F2N3. The highest BCUT2D eigenvalue weighted by Crippen LogP contribution is 2.33. The summed E-state index contributed by atoms with van der Waals surface area (Å²) < 4.78 is 28.8. The molecule has 1 aromatic carbocycles.